The van der Waals surface area contributed by atoms with Crippen molar-refractivity contribution in [3.05, 3.63) is 30.3 Å². The molecule has 0 amide bonds. The average Bonchev–Trinajstić information content (AvgIpc) is 3.01. The highest BCUT2D eigenvalue weighted by Gasteiger charge is 2.16. The van der Waals surface area contributed by atoms with Gasteiger partial charge in [0, 0.05) is 11.4 Å². The molecule has 2 heterocycles. The number of fused-ring (bicyclic) bond motifs is 1. The molecule has 2 aromatic heterocycles. The molecule has 0 aliphatic carbocycles. The molecule has 13 heteroatoms. The van der Waals surface area contributed by atoms with E-state index in [-0.39, 0.29) is 24.8 Å². The third-order valence-electron chi connectivity index (χ3n) is 3.52. The normalized spacial score (nSPS) is 11.9. The Hall–Kier alpha value is -2.24. The lowest BCUT2D eigenvalue weighted by Crippen LogP contribution is -2.07. The van der Waals surface area contributed by atoms with Gasteiger partial charge in [-0.05, 0) is 18.2 Å². The molecule has 3 aromatic rings. The molecule has 3 rings (SSSR count). The minimum absolute atomic E-state index is 0.0156. The summed E-state index contributed by atoms with van der Waals surface area (Å²) in [5.41, 5.74) is 6.69. The van der Waals surface area contributed by atoms with Crippen molar-refractivity contribution in [3.8, 4) is 5.75 Å². The lowest BCUT2D eigenvalue weighted by atomic mass is 10.3. The number of methoxy groups -OCH3 is 1. The third-order valence-corrected chi connectivity index (χ3v) is 5.01. The van der Waals surface area contributed by atoms with Crippen molar-refractivity contribution in [1.82, 2.24) is 19.5 Å². The van der Waals surface area contributed by atoms with E-state index in [0.29, 0.717) is 21.1 Å². The second-order valence-corrected chi connectivity index (χ2v) is 8.25. The Kier molecular flexibility index (Phi) is 6.16. The van der Waals surface area contributed by atoms with Crippen molar-refractivity contribution in [3.63, 3.8) is 0 Å². The Morgan fingerprint density at radius 3 is 2.82 bits per heavy atom. The summed E-state index contributed by atoms with van der Waals surface area (Å²) in [4.78, 5) is 30.8. The van der Waals surface area contributed by atoms with Gasteiger partial charge in [-0.25, -0.2) is 14.4 Å². The zero-order chi connectivity index (χ0) is 20.3. The van der Waals surface area contributed by atoms with E-state index < -0.39 is 19.8 Å². The lowest BCUT2D eigenvalue weighted by Gasteiger charge is -2.08. The molecule has 150 valence electrons. The molecule has 28 heavy (non-hydrogen) atoms. The molecule has 0 unspecified atom stereocenters. The summed E-state index contributed by atoms with van der Waals surface area (Å²) in [6, 6.07) is 4.51. The minimum atomic E-state index is -4.22. The molecular formula is C15H17FN5O5PS. The van der Waals surface area contributed by atoms with Gasteiger partial charge in [0.25, 0.3) is 0 Å². The number of rotatable bonds is 8. The number of nitrogen functional groups attached to an aromatic ring is 1. The Labute approximate surface area is 163 Å². The number of aromatic nitrogens is 4. The van der Waals surface area contributed by atoms with Gasteiger partial charge in [0.05, 0.1) is 20.0 Å². The first-order valence-electron chi connectivity index (χ1n) is 7.89. The number of hydrogen-bond acceptors (Lipinski definition) is 8. The van der Waals surface area contributed by atoms with E-state index in [2.05, 4.69) is 15.0 Å². The molecule has 0 aliphatic heterocycles. The fourth-order valence-electron chi connectivity index (χ4n) is 2.34. The summed E-state index contributed by atoms with van der Waals surface area (Å²) < 4.78 is 36.2. The molecule has 1 aromatic carbocycles. The van der Waals surface area contributed by atoms with E-state index in [9.17, 15) is 8.96 Å². The fraction of sp³-hybridized carbons (Fsp3) is 0.267. The molecule has 0 fully saturated rings. The van der Waals surface area contributed by atoms with Crippen LogP contribution in [-0.2, 0) is 15.8 Å². The number of nitrogens with two attached hydrogens (primary N) is 1. The summed E-state index contributed by atoms with van der Waals surface area (Å²) in [7, 11) is -2.84. The molecule has 0 radical (unpaired) electrons. The zero-order valence-corrected chi connectivity index (χ0v) is 16.4. The van der Waals surface area contributed by atoms with E-state index in [0.717, 1.165) is 0 Å². The average molecular weight is 429 g/mol. The number of halogens is 1. The summed E-state index contributed by atoms with van der Waals surface area (Å²) in [5.74, 6) is -0.350. The third kappa shape index (κ3) is 4.97. The van der Waals surface area contributed by atoms with Gasteiger partial charge in [0.15, 0.2) is 17.2 Å². The van der Waals surface area contributed by atoms with Gasteiger partial charge in [-0.1, -0.05) is 11.8 Å². The number of hydrogen-bond donors (Lipinski definition) is 3. The first-order valence-corrected chi connectivity index (χ1v) is 10.5. The number of benzene rings is 1. The van der Waals surface area contributed by atoms with Crippen LogP contribution in [0.2, 0.25) is 0 Å². The molecule has 0 aliphatic rings. The van der Waals surface area contributed by atoms with Crippen LogP contribution in [0.3, 0.4) is 0 Å². The quantitative estimate of drug-likeness (QED) is 0.275. The van der Waals surface area contributed by atoms with E-state index in [1.807, 2.05) is 0 Å². The summed E-state index contributed by atoms with van der Waals surface area (Å²) in [6.07, 6.45) is 0.833. The topological polar surface area (TPSA) is 146 Å². The van der Waals surface area contributed by atoms with Crippen LogP contribution in [-0.4, -0.2) is 49.4 Å². The number of ether oxygens (including phenoxy) is 2. The molecule has 10 nitrogen and oxygen atoms in total. The summed E-state index contributed by atoms with van der Waals surface area (Å²) >= 11 is 1.17. The standard InChI is InChI=1S/C15H17FN5O5PS/c1-25-11-3-2-9(6-10(11)16)28-14-12-13(19-15(17)20-14)21(7-18-12)4-5-26-8-27(22,23)24/h2-3,6-7H,4-5,8H2,1H3,(H2,17,19,20)(H2,22,23,24). The van der Waals surface area contributed by atoms with Crippen molar-refractivity contribution in [1.29, 1.82) is 0 Å². The Morgan fingerprint density at radius 1 is 1.36 bits per heavy atom. The maximum atomic E-state index is 13.9. The van der Waals surface area contributed by atoms with Crippen LogP contribution in [0.4, 0.5) is 10.3 Å². The van der Waals surface area contributed by atoms with E-state index in [1.54, 1.807) is 10.6 Å². The molecular weight excluding hydrogens is 412 g/mol. The molecule has 0 saturated carbocycles. The number of nitrogens with zero attached hydrogens (tertiary/aromatic N) is 4. The van der Waals surface area contributed by atoms with Crippen LogP contribution in [0.1, 0.15) is 0 Å². The van der Waals surface area contributed by atoms with Crippen molar-refractivity contribution >= 4 is 36.5 Å². The van der Waals surface area contributed by atoms with Gasteiger partial charge in [0.1, 0.15) is 16.9 Å². The van der Waals surface area contributed by atoms with Crippen molar-refractivity contribution < 1.29 is 28.2 Å². The van der Waals surface area contributed by atoms with Crippen LogP contribution in [0.15, 0.2) is 34.4 Å². The Balaban J connectivity index is 1.81. The summed E-state index contributed by atoms with van der Waals surface area (Å²) in [6.45, 7) is 0.306. The summed E-state index contributed by atoms with van der Waals surface area (Å²) in [5, 5.41) is 0.446. The Bertz CT molecular complexity index is 1040. The van der Waals surface area contributed by atoms with Crippen LogP contribution >= 0.6 is 19.4 Å². The van der Waals surface area contributed by atoms with Crippen LogP contribution in [0, 0.1) is 5.82 Å². The van der Waals surface area contributed by atoms with E-state index >= 15 is 0 Å². The van der Waals surface area contributed by atoms with Gasteiger partial charge in [0.2, 0.25) is 5.95 Å². The largest absolute Gasteiger partial charge is 0.494 e. The van der Waals surface area contributed by atoms with Gasteiger partial charge in [-0.2, -0.15) is 4.98 Å². The predicted octanol–water partition coefficient (Wildman–Crippen LogP) is 1.86. The minimum Gasteiger partial charge on any atom is -0.494 e. The monoisotopic (exact) mass is 429 g/mol. The van der Waals surface area contributed by atoms with Crippen molar-refractivity contribution in [2.45, 2.75) is 16.5 Å². The second-order valence-electron chi connectivity index (χ2n) is 5.60. The van der Waals surface area contributed by atoms with Gasteiger partial charge < -0.3 is 29.6 Å². The highest BCUT2D eigenvalue weighted by Crippen LogP contribution is 2.34. The first-order chi connectivity index (χ1) is 13.3. The smallest absolute Gasteiger partial charge is 0.350 e. The van der Waals surface area contributed by atoms with Gasteiger partial charge >= 0.3 is 7.60 Å². The lowest BCUT2D eigenvalue weighted by molar-refractivity contribution is 0.149. The van der Waals surface area contributed by atoms with Crippen LogP contribution < -0.4 is 10.5 Å². The molecule has 0 bridgehead atoms. The molecule has 0 saturated heterocycles. The number of anilines is 1. The maximum absolute atomic E-state index is 13.9. The Morgan fingerprint density at radius 2 is 2.14 bits per heavy atom. The predicted molar refractivity (Wildman–Crippen MR) is 99.7 cm³/mol. The van der Waals surface area contributed by atoms with Gasteiger partial charge in [-0.3, -0.25) is 4.57 Å². The van der Waals surface area contributed by atoms with Gasteiger partial charge in [-0.15, -0.1) is 0 Å². The van der Waals surface area contributed by atoms with Crippen LogP contribution in [0.5, 0.6) is 5.75 Å². The molecule has 0 atom stereocenters. The van der Waals surface area contributed by atoms with Crippen LogP contribution in [0.25, 0.3) is 11.2 Å². The second kappa shape index (κ2) is 8.41. The highest BCUT2D eigenvalue weighted by molar-refractivity contribution is 7.99. The maximum Gasteiger partial charge on any atom is 0.350 e. The van der Waals surface area contributed by atoms with Crippen molar-refractivity contribution in [2.24, 2.45) is 0 Å². The highest BCUT2D eigenvalue weighted by atomic mass is 32.2. The number of imidazole rings is 1. The van der Waals surface area contributed by atoms with Crippen molar-refractivity contribution in [2.75, 3.05) is 25.8 Å². The zero-order valence-electron chi connectivity index (χ0n) is 14.6. The SMILES string of the molecule is COc1ccc(Sc2nc(N)nc3c2ncn3CCOCP(=O)(O)O)cc1F. The first kappa shape index (κ1) is 20.5. The molecule has 0 spiro atoms. The van der Waals surface area contributed by atoms with E-state index in [4.69, 9.17) is 25.0 Å². The fourth-order valence-corrected chi connectivity index (χ4v) is 3.61. The van der Waals surface area contributed by atoms with E-state index in [1.165, 1.54) is 37.3 Å². The molecule has 4 N–H and O–H groups in total.